The number of nitrogen functional groups attached to an aromatic ring is 2. The molecule has 0 aliphatic carbocycles. The number of rotatable bonds is 31. The van der Waals surface area contributed by atoms with Crippen LogP contribution in [0.4, 0.5) is 79.6 Å². The minimum absolute atomic E-state index is 0. The van der Waals surface area contributed by atoms with Crippen molar-refractivity contribution in [3.63, 3.8) is 0 Å². The van der Waals surface area contributed by atoms with Crippen LogP contribution in [0.1, 0.15) is 0 Å². The Balaban J connectivity index is 0.000000332. The molecule has 59 heteroatoms. The molecule has 0 heterocycles. The van der Waals surface area contributed by atoms with E-state index in [1.807, 2.05) is 0 Å². The molecule has 0 radical (unpaired) electrons. The first-order valence-electron chi connectivity index (χ1n) is 26.7. The number of hydrogen-bond acceptors (Lipinski definition) is 45. The minimum atomic E-state index is -5.25. The van der Waals surface area contributed by atoms with E-state index in [0.29, 0.717) is 30.3 Å². The quantitative estimate of drug-likeness (QED) is 0.00365. The molecule has 107 heavy (non-hydrogen) atoms. The minimum Gasteiger partial charge on any atom is -0.505 e. The Morgan fingerprint density at radius 2 is 0.888 bits per heavy atom. The van der Waals surface area contributed by atoms with Crippen LogP contribution in [0.25, 0.3) is 21.5 Å². The van der Waals surface area contributed by atoms with Crippen molar-refractivity contribution in [3.05, 3.63) is 138 Å². The maximum atomic E-state index is 12.8. The van der Waals surface area contributed by atoms with Crippen LogP contribution < -0.4 is 11.5 Å². The topological polar surface area (TPSA) is 778 Å². The summed E-state index contributed by atoms with van der Waals surface area (Å²) in [5, 5.41) is 154. The van der Waals surface area contributed by atoms with Crippen molar-refractivity contribution >= 4 is 187 Å². The summed E-state index contributed by atoms with van der Waals surface area (Å²) in [6.45, 7) is -1.05. The molecule has 0 bridgehead atoms. The zero-order valence-corrected chi connectivity index (χ0v) is 59.2. The number of aromatic hydroxyl groups is 4. The molecule has 8 aromatic carbocycles. The van der Waals surface area contributed by atoms with E-state index in [-0.39, 0.29) is 84.5 Å². The number of sulfone groups is 2. The van der Waals surface area contributed by atoms with Gasteiger partial charge in [0.25, 0.3) is 31.6 Å². The fourth-order valence-corrected chi connectivity index (χ4v) is 14.7. The molecule has 1 atom stereocenters. The number of hydrogen-bond donors (Lipinski definition) is 12. The standard InChI is InChI=1S/2C24H19N7O18S4.Cr/c25-14-3-1-11-7-19(53(43,44)45)22(29-27-16-8-12(30(34)35)9-17(23(16)32)31(36)37)24(33)20(11)21(14)28-26-15-4-2-13(10-18(15)50-48-46-38)52(41,42)6-5-51(40)49-47-39;25-14-3-1-11-7-18(50-49-48-38)22(29-27-16-8-12(30(34)35)9-17(23(16)32)31(36)37)24(33)20(11)21(14)28-26-15-4-2-13(10-19(15)52(41,42)43)51(39,40)6-5-47-53(44,45)46;/h1-4,7-10,32-33,38-39H,5-6,25H2,(H,43,44,45);1-4,7-10,32-33,38H,5-6,25H2,(H,41,42,43)(H,44,45,46);. The molecular formula is C48H38CrN14O36S8. The zero-order chi connectivity index (χ0) is 78.7. The second-order valence-electron chi connectivity index (χ2n) is 19.5. The zero-order valence-electron chi connectivity index (χ0n) is 51.3. The summed E-state index contributed by atoms with van der Waals surface area (Å²) < 4.78 is 178. The van der Waals surface area contributed by atoms with Crippen molar-refractivity contribution in [2.45, 2.75) is 29.4 Å². The van der Waals surface area contributed by atoms with Crippen molar-refractivity contribution < 1.29 is 166 Å². The van der Waals surface area contributed by atoms with E-state index in [0.717, 1.165) is 36.4 Å². The smallest absolute Gasteiger partial charge is 0.397 e. The molecule has 0 saturated heterocycles. The number of nitro groups is 4. The number of phenols is 4. The summed E-state index contributed by atoms with van der Waals surface area (Å²) in [7, 11) is -24.2. The Bertz CT molecular complexity index is 5670. The van der Waals surface area contributed by atoms with Gasteiger partial charge >= 0.3 is 21.8 Å². The molecule has 14 N–H and O–H groups in total. The van der Waals surface area contributed by atoms with Gasteiger partial charge in [0, 0.05) is 29.5 Å². The van der Waals surface area contributed by atoms with Gasteiger partial charge in [0.15, 0.2) is 42.3 Å². The van der Waals surface area contributed by atoms with Crippen molar-refractivity contribution in [3.8, 4) is 23.0 Å². The number of azo groups is 4. The Hall–Kier alpha value is -10.3. The molecule has 0 spiro atoms. The van der Waals surface area contributed by atoms with E-state index in [2.05, 4.69) is 73.2 Å². The van der Waals surface area contributed by atoms with Crippen LogP contribution in [0.15, 0.2) is 167 Å². The Kier molecular flexibility index (Phi) is 28.3. The number of non-ortho nitro benzene ring substituents is 2. The Morgan fingerprint density at radius 3 is 1.36 bits per heavy atom. The monoisotopic (exact) mass is 1690 g/mol. The van der Waals surface area contributed by atoms with Gasteiger partial charge in [-0.15, -0.1) is 53.9 Å². The summed E-state index contributed by atoms with van der Waals surface area (Å²) in [6, 6.07) is 14.1. The van der Waals surface area contributed by atoms with Crippen molar-refractivity contribution in [1.82, 2.24) is 0 Å². The van der Waals surface area contributed by atoms with Crippen LogP contribution in [-0.2, 0) is 111 Å². The number of anilines is 2. The average molecular weight is 1700 g/mol. The van der Waals surface area contributed by atoms with Crippen molar-refractivity contribution in [2.24, 2.45) is 40.9 Å². The van der Waals surface area contributed by atoms with Gasteiger partial charge in [-0.2, -0.15) is 25.3 Å². The molecule has 570 valence electrons. The van der Waals surface area contributed by atoms with Gasteiger partial charge in [-0.05, 0) is 71.4 Å². The second kappa shape index (κ2) is 35.4. The number of nitro benzene ring substituents is 4. The fourth-order valence-electron chi connectivity index (χ4n) is 8.43. The van der Waals surface area contributed by atoms with Gasteiger partial charge in [0.1, 0.15) is 55.3 Å². The van der Waals surface area contributed by atoms with Gasteiger partial charge in [-0.3, -0.25) is 54.1 Å². The number of benzene rings is 8. The Labute approximate surface area is 614 Å². The first kappa shape index (κ1) is 85.6. The van der Waals surface area contributed by atoms with Gasteiger partial charge in [0.2, 0.25) is 11.5 Å². The SMILES string of the molecule is Nc1ccc2cc(S(=O)(=O)O)c(N=Nc3cc([N+](=O)[O-])cc([N+](=O)[O-])c3O)c(O)c2c1N=Nc1ccc(S(=O)(=O)CCS(=O)OOO)cc1SOOO.Nc1ccc2cc(SOOO)c(N=Nc3cc([N+](=O)[O-])cc([N+](=O)[O-])c3O)c(O)c2c1N=Nc1ccc(S(=O)(=O)CCOS(=O)(=O)O)cc1S(=O)(=O)O.[Cr]. The third kappa shape index (κ3) is 21.3. The van der Waals surface area contributed by atoms with Crippen LogP contribution in [0.3, 0.4) is 0 Å². The molecule has 0 aliphatic rings. The summed E-state index contributed by atoms with van der Waals surface area (Å²) in [5.74, 6) is -6.79. The molecule has 0 saturated carbocycles. The van der Waals surface area contributed by atoms with Crippen LogP contribution in [0.2, 0.25) is 0 Å². The van der Waals surface area contributed by atoms with Crippen LogP contribution in [0, 0.1) is 40.5 Å². The van der Waals surface area contributed by atoms with Crippen molar-refractivity contribution in [2.75, 3.05) is 35.3 Å². The van der Waals surface area contributed by atoms with E-state index in [4.69, 9.17) is 31.8 Å². The predicted molar refractivity (Wildman–Crippen MR) is 353 cm³/mol. The first-order chi connectivity index (χ1) is 49.5. The second-order valence-corrected chi connectivity index (χ2v) is 30.3. The van der Waals surface area contributed by atoms with Crippen molar-refractivity contribution in [1.29, 1.82) is 0 Å². The maximum absolute atomic E-state index is 12.8. The number of nitrogens with two attached hydrogens (primary N) is 2. The summed E-state index contributed by atoms with van der Waals surface area (Å²) in [6.07, 6.45) is 0. The predicted octanol–water partition coefficient (Wildman–Crippen LogP) is 9.76. The van der Waals surface area contributed by atoms with Crippen LogP contribution in [0.5, 0.6) is 23.0 Å². The van der Waals surface area contributed by atoms with Gasteiger partial charge in [-0.25, -0.2) is 41.0 Å². The molecular weight excluding hydrogens is 1660 g/mol. The van der Waals surface area contributed by atoms with E-state index in [9.17, 15) is 116 Å². The maximum Gasteiger partial charge on any atom is 0.397 e. The summed E-state index contributed by atoms with van der Waals surface area (Å²) in [4.78, 5) is 37.2. The molecule has 8 rings (SSSR count). The first-order valence-corrected chi connectivity index (χ1v) is 36.9. The van der Waals surface area contributed by atoms with Gasteiger partial charge in [-0.1, -0.05) is 27.2 Å². The molecule has 0 amide bonds. The normalized spacial score (nSPS) is 12.6. The average Bonchev–Trinajstić information content (AvgIpc) is 0.715. The van der Waals surface area contributed by atoms with E-state index >= 15 is 0 Å². The number of fused-ring (bicyclic) bond motifs is 2. The van der Waals surface area contributed by atoms with Crippen LogP contribution in [-0.4, -0.2) is 140 Å². The van der Waals surface area contributed by atoms with E-state index < -0.39 is 215 Å². The molecule has 8 aromatic rings. The molecule has 0 fully saturated rings. The number of nitrogens with zero attached hydrogens (tertiary/aromatic N) is 12. The van der Waals surface area contributed by atoms with E-state index in [1.165, 1.54) is 30.3 Å². The largest absolute Gasteiger partial charge is 0.505 e. The van der Waals surface area contributed by atoms with Gasteiger partial charge in [0.05, 0.1) is 122 Å². The number of phenolic OH excluding ortho intramolecular Hbond substituents is 4. The third-order valence-electron chi connectivity index (χ3n) is 13.1. The summed E-state index contributed by atoms with van der Waals surface area (Å²) in [5.41, 5.74) is 2.54. The van der Waals surface area contributed by atoms with Gasteiger partial charge < -0.3 is 31.9 Å². The molecule has 50 nitrogen and oxygen atoms in total. The summed E-state index contributed by atoms with van der Waals surface area (Å²) >= 11 is -1.88. The molecule has 1 unspecified atom stereocenters. The third-order valence-corrected chi connectivity index (χ3v) is 20.9. The molecule has 0 aromatic heterocycles. The van der Waals surface area contributed by atoms with E-state index in [1.54, 1.807) is 0 Å². The van der Waals surface area contributed by atoms with Crippen LogP contribution >= 0.6 is 24.1 Å². The molecule has 0 aliphatic heterocycles. The Morgan fingerprint density at radius 1 is 0.458 bits per heavy atom. The fraction of sp³-hybridized carbons (Fsp3) is 0.0833.